The Kier molecular flexibility index (Phi) is 4.64. The Morgan fingerprint density at radius 2 is 1.89 bits per heavy atom. The van der Waals surface area contributed by atoms with Crippen LogP contribution in [0.4, 0.5) is 18.9 Å². The molecule has 0 aliphatic heterocycles. The molecule has 0 fully saturated rings. The summed E-state index contributed by atoms with van der Waals surface area (Å²) in [7, 11) is 0. The molecule has 0 saturated carbocycles. The molecule has 2 aromatic carbocycles. The molecule has 1 heterocycles. The summed E-state index contributed by atoms with van der Waals surface area (Å²) in [5.74, 6) is -0.727. The highest BCUT2D eigenvalue weighted by Crippen LogP contribution is 2.47. The van der Waals surface area contributed by atoms with Crippen LogP contribution in [0.3, 0.4) is 0 Å². The molecule has 1 amide bonds. The molecule has 28 heavy (non-hydrogen) atoms. The number of alkyl halides is 3. The summed E-state index contributed by atoms with van der Waals surface area (Å²) in [6, 6.07) is 9.55. The second kappa shape index (κ2) is 6.68. The van der Waals surface area contributed by atoms with E-state index in [1.807, 2.05) is 0 Å². The molecule has 0 spiro atoms. The van der Waals surface area contributed by atoms with Crippen LogP contribution in [-0.2, 0) is 16.9 Å². The minimum Gasteiger partial charge on any atom is -0.398 e. The van der Waals surface area contributed by atoms with Crippen molar-refractivity contribution >= 4 is 28.7 Å². The minimum atomic E-state index is -5.07. The number of hydrogen-bond donors (Lipinski definition) is 4. The number of para-hydroxylation sites is 1. The average Bonchev–Trinajstić information content (AvgIpc) is 2.99. The summed E-state index contributed by atoms with van der Waals surface area (Å²) in [5, 5.41) is 16.6. The number of hydrogen-bond acceptors (Lipinski definition) is 3. The van der Waals surface area contributed by atoms with Crippen molar-refractivity contribution < 1.29 is 28.5 Å². The van der Waals surface area contributed by atoms with Gasteiger partial charge in [-0.3, -0.25) is 10.2 Å². The van der Waals surface area contributed by atoms with Gasteiger partial charge in [0.15, 0.2) is 6.21 Å². The van der Waals surface area contributed by atoms with E-state index in [-0.39, 0.29) is 23.2 Å². The molecule has 146 valence electrons. The number of nitrogens with two attached hydrogens (primary N) is 3. The van der Waals surface area contributed by atoms with Crippen LogP contribution >= 0.6 is 0 Å². The summed E-state index contributed by atoms with van der Waals surface area (Å²) < 4.78 is 43.8. The van der Waals surface area contributed by atoms with E-state index in [4.69, 9.17) is 16.9 Å². The third kappa shape index (κ3) is 2.99. The Morgan fingerprint density at radius 3 is 2.50 bits per heavy atom. The topological polar surface area (TPSA) is 120 Å². The molecule has 1 aromatic heterocycles. The smallest absolute Gasteiger partial charge is 0.398 e. The molecule has 3 rings (SSSR count). The van der Waals surface area contributed by atoms with Crippen LogP contribution in [0, 0.1) is 0 Å². The number of benzene rings is 2. The number of aliphatic hydroxyl groups is 1. The highest BCUT2D eigenvalue weighted by Gasteiger charge is 2.57. The number of amides is 1. The van der Waals surface area contributed by atoms with Crippen LogP contribution in [0.1, 0.15) is 16.7 Å². The van der Waals surface area contributed by atoms with E-state index < -0.39 is 28.8 Å². The van der Waals surface area contributed by atoms with Crippen molar-refractivity contribution in [3.05, 3.63) is 65.4 Å². The monoisotopic (exact) mass is 391 g/mol. The van der Waals surface area contributed by atoms with Gasteiger partial charge in [0.2, 0.25) is 11.5 Å². The van der Waals surface area contributed by atoms with Gasteiger partial charge < -0.3 is 21.1 Å². The molecule has 1 atom stereocenters. The zero-order valence-electron chi connectivity index (χ0n) is 14.6. The molecular weight excluding hydrogens is 373 g/mol. The van der Waals surface area contributed by atoms with Gasteiger partial charge in [-0.15, -0.1) is 0 Å². The van der Waals surface area contributed by atoms with Gasteiger partial charge in [0.1, 0.15) is 6.54 Å². The Hall–Kier alpha value is -3.33. The Bertz CT molecular complexity index is 1070. The number of fused-ring (bicyclic) bond motifs is 1. The lowest BCUT2D eigenvalue weighted by Crippen LogP contribution is -2.43. The third-order valence-electron chi connectivity index (χ3n) is 4.60. The summed E-state index contributed by atoms with van der Waals surface area (Å²) in [5.41, 5.74) is 7.34. The van der Waals surface area contributed by atoms with Gasteiger partial charge in [-0.25, -0.2) is 0 Å². The fourth-order valence-electron chi connectivity index (χ4n) is 3.25. The minimum absolute atomic E-state index is 0.138. The quantitative estimate of drug-likeness (QED) is 0.378. The maximum atomic E-state index is 14.2. The average molecular weight is 391 g/mol. The van der Waals surface area contributed by atoms with Crippen molar-refractivity contribution in [2.75, 3.05) is 5.73 Å². The number of carbonyl (C=O) groups is 1. The highest BCUT2D eigenvalue weighted by molar-refractivity contribution is 5.88. The molecule has 3 aromatic rings. The van der Waals surface area contributed by atoms with Crippen molar-refractivity contribution in [3.8, 4) is 0 Å². The first-order chi connectivity index (χ1) is 13.1. The molecule has 9 heteroatoms. The molecule has 0 radical (unpaired) electrons. The summed E-state index contributed by atoms with van der Waals surface area (Å²) in [6.07, 6.45) is -2.92. The van der Waals surface area contributed by atoms with Crippen molar-refractivity contribution in [1.29, 1.82) is 0 Å². The first kappa shape index (κ1) is 19.4. The van der Waals surface area contributed by atoms with E-state index in [0.29, 0.717) is 5.52 Å². The predicted molar refractivity (Wildman–Crippen MR) is 98.1 cm³/mol. The summed E-state index contributed by atoms with van der Waals surface area (Å²) in [4.78, 5) is 11.3. The van der Waals surface area contributed by atoms with Crippen molar-refractivity contribution in [3.63, 3.8) is 0 Å². The lowest BCUT2D eigenvalue weighted by Gasteiger charge is -2.31. The van der Waals surface area contributed by atoms with Gasteiger partial charge in [0.25, 0.3) is 0 Å². The Labute approximate surface area is 157 Å². The van der Waals surface area contributed by atoms with Crippen LogP contribution in [-0.4, -0.2) is 28.0 Å². The fraction of sp³-hybridized carbons (Fsp3) is 0.158. The van der Waals surface area contributed by atoms with Gasteiger partial charge >= 0.3 is 6.18 Å². The van der Waals surface area contributed by atoms with Crippen LogP contribution in [0.25, 0.3) is 10.9 Å². The van der Waals surface area contributed by atoms with E-state index in [2.05, 4.69) is 0 Å². The van der Waals surface area contributed by atoms with E-state index in [9.17, 15) is 23.1 Å². The zero-order chi connectivity index (χ0) is 20.7. The first-order valence-corrected chi connectivity index (χ1v) is 8.20. The Balaban J connectivity index is 2.35. The van der Waals surface area contributed by atoms with Gasteiger partial charge in [0.05, 0.1) is 5.56 Å². The number of halogens is 3. The standard InChI is InChI=1S/C19H17F3N4O2/c20-19(21,22)18(28,12-5-6-15(24)11(7-12)8-23)14-9-26(10-17(25)27)16-4-2-1-3-13(14)16/h1-9,23,28H,10,24H2,(H2,25,27)/p+1. The Morgan fingerprint density at radius 1 is 1.21 bits per heavy atom. The zero-order valence-corrected chi connectivity index (χ0v) is 14.6. The highest BCUT2D eigenvalue weighted by atomic mass is 19.4. The van der Waals surface area contributed by atoms with Crippen molar-refractivity contribution in [1.82, 2.24) is 4.57 Å². The second-order valence-electron chi connectivity index (χ2n) is 6.37. The van der Waals surface area contributed by atoms with Crippen LogP contribution in [0.5, 0.6) is 0 Å². The lowest BCUT2D eigenvalue weighted by molar-refractivity contribution is -0.247. The number of rotatable bonds is 5. The molecule has 0 bridgehead atoms. The lowest BCUT2D eigenvalue weighted by atomic mass is 9.84. The fourth-order valence-corrected chi connectivity index (χ4v) is 3.25. The molecule has 0 saturated heterocycles. The van der Waals surface area contributed by atoms with E-state index in [1.165, 1.54) is 16.7 Å². The maximum absolute atomic E-state index is 14.2. The predicted octanol–water partition coefficient (Wildman–Crippen LogP) is 0.685. The number of nitrogens with zero attached hydrogens (tertiary/aromatic N) is 1. The molecule has 6 nitrogen and oxygen atoms in total. The molecule has 7 N–H and O–H groups in total. The largest absolute Gasteiger partial charge is 0.425 e. The van der Waals surface area contributed by atoms with Crippen molar-refractivity contribution in [2.24, 2.45) is 5.73 Å². The number of nitrogen functional groups attached to an aromatic ring is 1. The normalized spacial score (nSPS) is 14.0. The molecular formula is C19H18F3N4O2+. The number of primary amides is 1. The van der Waals surface area contributed by atoms with E-state index >= 15 is 0 Å². The molecule has 0 aliphatic carbocycles. The second-order valence-corrected chi connectivity index (χ2v) is 6.37. The van der Waals surface area contributed by atoms with E-state index in [1.54, 1.807) is 18.2 Å². The molecule has 1 unspecified atom stereocenters. The number of aromatic nitrogens is 1. The van der Waals surface area contributed by atoms with Gasteiger partial charge in [-0.05, 0) is 23.8 Å². The maximum Gasteiger partial charge on any atom is 0.425 e. The number of carbonyl (C=O) groups excluding carboxylic acids is 1. The number of anilines is 1. The summed E-state index contributed by atoms with van der Waals surface area (Å²) in [6.45, 7) is -0.335. The summed E-state index contributed by atoms with van der Waals surface area (Å²) >= 11 is 0. The SMILES string of the molecule is NC(=O)Cn1cc(C(O)(c2ccc(N)c(C=[NH2+])c2)C(F)(F)F)c2ccccc21. The van der Waals surface area contributed by atoms with E-state index in [0.717, 1.165) is 24.5 Å². The van der Waals surface area contributed by atoms with Crippen molar-refractivity contribution in [2.45, 2.75) is 18.3 Å². The van der Waals surface area contributed by atoms with Crippen LogP contribution in [0.15, 0.2) is 48.7 Å². The van der Waals surface area contributed by atoms with Gasteiger partial charge in [-0.1, -0.05) is 24.3 Å². The third-order valence-corrected chi connectivity index (χ3v) is 4.60. The molecule has 0 aliphatic rings. The first-order valence-electron chi connectivity index (χ1n) is 8.20. The van der Waals surface area contributed by atoms with Crippen LogP contribution in [0.2, 0.25) is 0 Å². The van der Waals surface area contributed by atoms with Gasteiger partial charge in [0, 0.05) is 28.4 Å². The van der Waals surface area contributed by atoms with Crippen LogP contribution < -0.4 is 16.9 Å². The van der Waals surface area contributed by atoms with Gasteiger partial charge in [-0.2, -0.15) is 13.2 Å².